The highest BCUT2D eigenvalue weighted by Crippen LogP contribution is 2.22. The maximum absolute atomic E-state index is 11.5. The SMILES string of the molecule is CCOCCNCC1C(=O)OC(C)(C)OC1=O. The monoisotopic (exact) mass is 245 g/mol. The molecule has 1 aliphatic heterocycles. The summed E-state index contributed by atoms with van der Waals surface area (Å²) in [6.07, 6.45) is 0. The molecule has 1 rings (SSSR count). The Morgan fingerprint density at radius 2 is 1.88 bits per heavy atom. The number of ether oxygens (including phenoxy) is 3. The maximum Gasteiger partial charge on any atom is 0.324 e. The minimum absolute atomic E-state index is 0.209. The Hall–Kier alpha value is -1.14. The summed E-state index contributed by atoms with van der Waals surface area (Å²) < 4.78 is 15.1. The van der Waals surface area contributed by atoms with Crippen molar-refractivity contribution in [2.45, 2.75) is 26.6 Å². The van der Waals surface area contributed by atoms with Crippen LogP contribution in [0.1, 0.15) is 20.8 Å². The summed E-state index contributed by atoms with van der Waals surface area (Å²) in [4.78, 5) is 23.1. The standard InChI is InChI=1S/C11H19NO5/c1-4-15-6-5-12-7-8-9(13)16-11(2,3)17-10(8)14/h8,12H,4-7H2,1-3H3. The van der Waals surface area contributed by atoms with Gasteiger partial charge in [-0.15, -0.1) is 0 Å². The number of nitrogens with one attached hydrogen (secondary N) is 1. The van der Waals surface area contributed by atoms with Crippen LogP contribution < -0.4 is 5.32 Å². The van der Waals surface area contributed by atoms with Crippen LogP contribution in [0.2, 0.25) is 0 Å². The normalized spacial score (nSPS) is 19.9. The first-order valence-electron chi connectivity index (χ1n) is 5.70. The van der Waals surface area contributed by atoms with Crippen molar-refractivity contribution in [1.29, 1.82) is 0 Å². The lowest BCUT2D eigenvalue weighted by atomic mass is 10.1. The second-order valence-electron chi connectivity index (χ2n) is 4.20. The van der Waals surface area contributed by atoms with E-state index in [0.29, 0.717) is 19.8 Å². The highest BCUT2D eigenvalue weighted by atomic mass is 16.7. The van der Waals surface area contributed by atoms with Gasteiger partial charge in [-0.1, -0.05) is 0 Å². The van der Waals surface area contributed by atoms with E-state index in [1.807, 2.05) is 6.92 Å². The van der Waals surface area contributed by atoms with Crippen molar-refractivity contribution in [3.63, 3.8) is 0 Å². The minimum atomic E-state index is -1.16. The molecule has 0 radical (unpaired) electrons. The molecular formula is C11H19NO5. The zero-order valence-electron chi connectivity index (χ0n) is 10.4. The van der Waals surface area contributed by atoms with Crippen molar-refractivity contribution in [3.8, 4) is 0 Å². The van der Waals surface area contributed by atoms with E-state index < -0.39 is 23.6 Å². The van der Waals surface area contributed by atoms with Gasteiger partial charge in [0, 0.05) is 33.5 Å². The fourth-order valence-electron chi connectivity index (χ4n) is 1.45. The molecular weight excluding hydrogens is 226 g/mol. The Balaban J connectivity index is 2.33. The molecule has 1 saturated heterocycles. The summed E-state index contributed by atoms with van der Waals surface area (Å²) >= 11 is 0. The molecule has 6 nitrogen and oxygen atoms in total. The van der Waals surface area contributed by atoms with E-state index in [1.54, 1.807) is 0 Å². The lowest BCUT2D eigenvalue weighted by Crippen LogP contribution is -2.49. The second-order valence-corrected chi connectivity index (χ2v) is 4.20. The summed E-state index contributed by atoms with van der Waals surface area (Å²) in [5.41, 5.74) is 0. The van der Waals surface area contributed by atoms with Crippen LogP contribution in [-0.2, 0) is 23.8 Å². The van der Waals surface area contributed by atoms with Crippen molar-refractivity contribution in [2.24, 2.45) is 5.92 Å². The second kappa shape index (κ2) is 5.97. The lowest BCUT2D eigenvalue weighted by Gasteiger charge is -2.32. The van der Waals surface area contributed by atoms with Crippen molar-refractivity contribution in [1.82, 2.24) is 5.32 Å². The number of cyclic esters (lactones) is 2. The molecule has 0 aliphatic carbocycles. The van der Waals surface area contributed by atoms with Gasteiger partial charge in [0.15, 0.2) is 5.92 Å². The van der Waals surface area contributed by atoms with E-state index in [1.165, 1.54) is 13.8 Å². The number of carbonyl (C=O) groups is 2. The Morgan fingerprint density at radius 3 is 2.41 bits per heavy atom. The number of hydrogen-bond acceptors (Lipinski definition) is 6. The lowest BCUT2D eigenvalue weighted by molar-refractivity contribution is -0.239. The van der Waals surface area contributed by atoms with E-state index >= 15 is 0 Å². The van der Waals surface area contributed by atoms with Crippen molar-refractivity contribution in [3.05, 3.63) is 0 Å². The average molecular weight is 245 g/mol. The summed E-state index contributed by atoms with van der Waals surface area (Å²) in [5.74, 6) is -3.13. The molecule has 0 bridgehead atoms. The van der Waals surface area contributed by atoms with Crippen LogP contribution in [0.4, 0.5) is 0 Å². The van der Waals surface area contributed by atoms with E-state index in [9.17, 15) is 9.59 Å². The van der Waals surface area contributed by atoms with Gasteiger partial charge in [-0.2, -0.15) is 0 Å². The number of hydrogen-bond donors (Lipinski definition) is 1. The predicted molar refractivity (Wildman–Crippen MR) is 59.1 cm³/mol. The van der Waals surface area contributed by atoms with E-state index in [0.717, 1.165) is 0 Å². The van der Waals surface area contributed by atoms with Crippen LogP contribution in [0.25, 0.3) is 0 Å². The Labute approximate surface area is 101 Å². The van der Waals surface area contributed by atoms with Crippen LogP contribution in [0.15, 0.2) is 0 Å². The van der Waals surface area contributed by atoms with Gasteiger partial charge in [-0.25, -0.2) is 0 Å². The molecule has 1 aliphatic rings. The van der Waals surface area contributed by atoms with Gasteiger partial charge in [0.25, 0.3) is 5.79 Å². The van der Waals surface area contributed by atoms with Gasteiger partial charge < -0.3 is 19.5 Å². The number of carbonyl (C=O) groups excluding carboxylic acids is 2. The average Bonchev–Trinajstić information content (AvgIpc) is 2.19. The number of esters is 2. The van der Waals surface area contributed by atoms with Crippen LogP contribution >= 0.6 is 0 Å². The largest absolute Gasteiger partial charge is 0.422 e. The molecule has 1 fully saturated rings. The molecule has 0 saturated carbocycles. The first-order chi connectivity index (χ1) is 7.96. The molecule has 0 atom stereocenters. The van der Waals surface area contributed by atoms with Crippen molar-refractivity contribution >= 4 is 11.9 Å². The third-order valence-electron chi connectivity index (χ3n) is 2.24. The summed E-state index contributed by atoms with van der Waals surface area (Å²) in [5, 5.41) is 2.95. The summed E-state index contributed by atoms with van der Waals surface area (Å²) in [6.45, 7) is 6.93. The van der Waals surface area contributed by atoms with Gasteiger partial charge >= 0.3 is 11.9 Å². The van der Waals surface area contributed by atoms with Gasteiger partial charge in [0.1, 0.15) is 0 Å². The zero-order valence-corrected chi connectivity index (χ0v) is 10.4. The summed E-state index contributed by atoms with van der Waals surface area (Å²) in [6, 6.07) is 0. The molecule has 0 aromatic heterocycles. The van der Waals surface area contributed by atoms with E-state index in [4.69, 9.17) is 14.2 Å². The molecule has 1 N–H and O–H groups in total. The quantitative estimate of drug-likeness (QED) is 0.405. The first-order valence-corrected chi connectivity index (χ1v) is 5.70. The molecule has 0 amide bonds. The third-order valence-corrected chi connectivity index (χ3v) is 2.24. The molecule has 0 spiro atoms. The van der Waals surface area contributed by atoms with Gasteiger partial charge in [0.05, 0.1) is 6.61 Å². The molecule has 0 aromatic carbocycles. The maximum atomic E-state index is 11.5. The third kappa shape index (κ3) is 4.32. The predicted octanol–water partition coefficient (Wildman–Crippen LogP) is 0.0648. The molecule has 98 valence electrons. The molecule has 6 heteroatoms. The first kappa shape index (κ1) is 13.9. The van der Waals surface area contributed by atoms with Gasteiger partial charge in [-0.3, -0.25) is 9.59 Å². The Morgan fingerprint density at radius 1 is 1.29 bits per heavy atom. The molecule has 1 heterocycles. The number of rotatable bonds is 6. The van der Waals surface area contributed by atoms with Gasteiger partial charge in [-0.05, 0) is 6.92 Å². The fraction of sp³-hybridized carbons (Fsp3) is 0.818. The topological polar surface area (TPSA) is 73.9 Å². The zero-order chi connectivity index (χ0) is 12.9. The Kier molecular flexibility index (Phi) is 4.89. The molecule has 0 aromatic rings. The van der Waals surface area contributed by atoms with Crippen LogP contribution in [0, 0.1) is 5.92 Å². The van der Waals surface area contributed by atoms with E-state index in [-0.39, 0.29) is 6.54 Å². The van der Waals surface area contributed by atoms with Gasteiger partial charge in [0.2, 0.25) is 0 Å². The van der Waals surface area contributed by atoms with E-state index in [2.05, 4.69) is 5.32 Å². The summed E-state index contributed by atoms with van der Waals surface area (Å²) in [7, 11) is 0. The van der Waals surface area contributed by atoms with Crippen molar-refractivity contribution < 1.29 is 23.8 Å². The molecule has 0 unspecified atom stereocenters. The molecule has 17 heavy (non-hydrogen) atoms. The van der Waals surface area contributed by atoms with Crippen LogP contribution in [0.5, 0.6) is 0 Å². The Bertz CT molecular complexity index is 270. The minimum Gasteiger partial charge on any atom is -0.422 e. The highest BCUT2D eigenvalue weighted by Gasteiger charge is 2.42. The van der Waals surface area contributed by atoms with Crippen LogP contribution in [-0.4, -0.2) is 44.0 Å². The smallest absolute Gasteiger partial charge is 0.324 e. The van der Waals surface area contributed by atoms with Crippen LogP contribution in [0.3, 0.4) is 0 Å². The highest BCUT2D eigenvalue weighted by molar-refractivity contribution is 5.96. The fourth-order valence-corrected chi connectivity index (χ4v) is 1.45. The van der Waals surface area contributed by atoms with Crippen molar-refractivity contribution in [2.75, 3.05) is 26.3 Å².